The van der Waals surface area contributed by atoms with E-state index in [0.29, 0.717) is 0 Å². The summed E-state index contributed by atoms with van der Waals surface area (Å²) in [5.74, 6) is 2.56. The summed E-state index contributed by atoms with van der Waals surface area (Å²) >= 11 is 2.08. The molecule has 0 aliphatic carbocycles. The Hall–Kier alpha value is 0.230. The number of rotatable bonds is 3. The van der Waals surface area contributed by atoms with Gasteiger partial charge in [-0.3, -0.25) is 4.90 Å². The molecule has 0 aromatic carbocycles. The first-order valence-corrected chi connectivity index (χ1v) is 9.05. The fourth-order valence-electron chi connectivity index (χ4n) is 4.08. The average Bonchev–Trinajstić information content (AvgIpc) is 2.37. The van der Waals surface area contributed by atoms with E-state index in [-0.39, 0.29) is 11.1 Å². The van der Waals surface area contributed by atoms with Gasteiger partial charge in [-0.25, -0.2) is 0 Å². The second-order valence-electron chi connectivity index (χ2n) is 6.81. The molecule has 0 amide bonds. The maximum Gasteiger partial charge on any atom is 0.0713 e. The van der Waals surface area contributed by atoms with Crippen molar-refractivity contribution in [3.8, 4) is 0 Å². The first-order valence-electron chi connectivity index (χ1n) is 7.89. The molecule has 3 heterocycles. The first-order chi connectivity index (χ1) is 9.15. The monoisotopic (exact) mass is 284 g/mol. The van der Waals surface area contributed by atoms with E-state index < -0.39 is 0 Å². The van der Waals surface area contributed by atoms with Crippen molar-refractivity contribution in [1.29, 1.82) is 0 Å². The number of nitrogens with two attached hydrogens (primary N) is 1. The molecule has 0 aromatic heterocycles. The van der Waals surface area contributed by atoms with Crippen molar-refractivity contribution >= 4 is 11.8 Å². The molecule has 0 radical (unpaired) electrons. The zero-order valence-corrected chi connectivity index (χ0v) is 13.0. The third-order valence-electron chi connectivity index (χ3n) is 5.17. The Balaban J connectivity index is 1.55. The van der Waals surface area contributed by atoms with Crippen molar-refractivity contribution in [2.45, 2.75) is 62.6 Å². The van der Waals surface area contributed by atoms with Crippen LogP contribution >= 0.6 is 11.8 Å². The smallest absolute Gasteiger partial charge is 0.0713 e. The molecule has 1 spiro atoms. The van der Waals surface area contributed by atoms with E-state index in [9.17, 15) is 0 Å². The van der Waals surface area contributed by atoms with Crippen LogP contribution in [0, 0.1) is 0 Å². The number of ether oxygens (including phenoxy) is 1. The Morgan fingerprint density at radius 1 is 1.32 bits per heavy atom. The zero-order valence-electron chi connectivity index (χ0n) is 12.2. The molecule has 0 saturated carbocycles. The standard InChI is InChI=1S/C15H28N2OS/c1-2-4-14(16)11-17(12-14)13-3-7-18-15(10-13)5-8-19-9-6-15/h13H,2-12,16H2,1H3. The molecule has 4 heteroatoms. The molecule has 0 aromatic rings. The number of hydrogen-bond donors (Lipinski definition) is 1. The molecule has 0 bridgehead atoms. The number of thioether (sulfide) groups is 1. The summed E-state index contributed by atoms with van der Waals surface area (Å²) in [6, 6.07) is 0.727. The number of nitrogens with zero attached hydrogens (tertiary/aromatic N) is 1. The molecule has 1 atom stereocenters. The van der Waals surface area contributed by atoms with Crippen LogP contribution in [0.5, 0.6) is 0 Å². The van der Waals surface area contributed by atoms with Crippen LogP contribution in [0.15, 0.2) is 0 Å². The second kappa shape index (κ2) is 5.55. The summed E-state index contributed by atoms with van der Waals surface area (Å²) in [6.07, 6.45) is 7.34. The lowest BCUT2D eigenvalue weighted by Crippen LogP contribution is -2.70. The Labute approximate surface area is 121 Å². The van der Waals surface area contributed by atoms with Crippen LogP contribution in [0.2, 0.25) is 0 Å². The van der Waals surface area contributed by atoms with Gasteiger partial charge >= 0.3 is 0 Å². The van der Waals surface area contributed by atoms with Gasteiger partial charge < -0.3 is 10.5 Å². The molecule has 2 N–H and O–H groups in total. The van der Waals surface area contributed by atoms with Crippen molar-refractivity contribution in [1.82, 2.24) is 4.90 Å². The largest absolute Gasteiger partial charge is 0.375 e. The minimum atomic E-state index is 0.114. The van der Waals surface area contributed by atoms with Gasteiger partial charge in [-0.2, -0.15) is 11.8 Å². The molecule has 3 aliphatic heterocycles. The highest BCUT2D eigenvalue weighted by Gasteiger charge is 2.46. The van der Waals surface area contributed by atoms with E-state index in [1.807, 2.05) is 0 Å². The van der Waals surface area contributed by atoms with Gasteiger partial charge in [0.05, 0.1) is 5.60 Å². The van der Waals surface area contributed by atoms with Gasteiger partial charge in [-0.05, 0) is 43.6 Å². The Morgan fingerprint density at radius 3 is 2.74 bits per heavy atom. The maximum atomic E-state index is 6.40. The number of likely N-dealkylation sites (tertiary alicyclic amines) is 1. The van der Waals surface area contributed by atoms with E-state index in [1.165, 1.54) is 50.0 Å². The maximum absolute atomic E-state index is 6.40. The molecule has 3 aliphatic rings. The van der Waals surface area contributed by atoms with E-state index in [2.05, 4.69) is 23.6 Å². The van der Waals surface area contributed by atoms with Crippen LogP contribution in [-0.2, 0) is 4.74 Å². The van der Waals surface area contributed by atoms with Crippen LogP contribution in [0.4, 0.5) is 0 Å². The van der Waals surface area contributed by atoms with E-state index in [0.717, 1.165) is 25.7 Å². The van der Waals surface area contributed by atoms with Crippen molar-refractivity contribution in [2.24, 2.45) is 5.73 Å². The topological polar surface area (TPSA) is 38.5 Å². The van der Waals surface area contributed by atoms with Crippen LogP contribution in [0.3, 0.4) is 0 Å². The molecular formula is C15H28N2OS. The highest BCUT2D eigenvalue weighted by Crippen LogP contribution is 2.40. The van der Waals surface area contributed by atoms with Crippen LogP contribution in [0.1, 0.15) is 45.4 Å². The normalized spacial score (nSPS) is 34.1. The molecular weight excluding hydrogens is 256 g/mol. The van der Waals surface area contributed by atoms with E-state index in [1.54, 1.807) is 0 Å². The summed E-state index contributed by atoms with van der Waals surface area (Å²) in [5.41, 5.74) is 6.73. The molecule has 110 valence electrons. The molecule has 3 nitrogen and oxygen atoms in total. The minimum absolute atomic E-state index is 0.114. The molecule has 19 heavy (non-hydrogen) atoms. The lowest BCUT2D eigenvalue weighted by Gasteiger charge is -2.55. The summed E-state index contributed by atoms with van der Waals surface area (Å²) in [5, 5.41) is 0. The van der Waals surface area contributed by atoms with Crippen LogP contribution in [-0.4, -0.2) is 53.3 Å². The Bertz CT molecular complexity index is 306. The van der Waals surface area contributed by atoms with Crippen molar-refractivity contribution in [2.75, 3.05) is 31.2 Å². The van der Waals surface area contributed by atoms with Gasteiger partial charge in [-0.15, -0.1) is 0 Å². The number of hydrogen-bond acceptors (Lipinski definition) is 4. The van der Waals surface area contributed by atoms with Gasteiger partial charge in [-0.1, -0.05) is 13.3 Å². The highest BCUT2D eigenvalue weighted by atomic mass is 32.2. The average molecular weight is 284 g/mol. The summed E-state index contributed by atoms with van der Waals surface area (Å²) < 4.78 is 6.18. The van der Waals surface area contributed by atoms with Crippen LogP contribution in [0.25, 0.3) is 0 Å². The highest BCUT2D eigenvalue weighted by molar-refractivity contribution is 7.99. The van der Waals surface area contributed by atoms with Crippen molar-refractivity contribution in [3.05, 3.63) is 0 Å². The van der Waals surface area contributed by atoms with Gasteiger partial charge in [0, 0.05) is 31.3 Å². The van der Waals surface area contributed by atoms with Gasteiger partial charge in [0.1, 0.15) is 0 Å². The summed E-state index contributed by atoms with van der Waals surface area (Å²) in [6.45, 7) is 5.41. The first kappa shape index (κ1) is 14.2. The predicted molar refractivity (Wildman–Crippen MR) is 81.7 cm³/mol. The Kier molecular flexibility index (Phi) is 4.14. The van der Waals surface area contributed by atoms with E-state index in [4.69, 9.17) is 10.5 Å². The third-order valence-corrected chi connectivity index (χ3v) is 6.16. The quantitative estimate of drug-likeness (QED) is 0.862. The zero-order chi connectivity index (χ0) is 13.3. The fourth-order valence-corrected chi connectivity index (χ4v) is 5.32. The van der Waals surface area contributed by atoms with Gasteiger partial charge in [0.25, 0.3) is 0 Å². The SMILES string of the molecule is CCCC1(N)CN(C2CCOC3(CCSCC3)C2)C1. The lowest BCUT2D eigenvalue weighted by atomic mass is 9.80. The fraction of sp³-hybridized carbons (Fsp3) is 1.00. The molecule has 1 unspecified atom stereocenters. The van der Waals surface area contributed by atoms with Crippen molar-refractivity contribution in [3.63, 3.8) is 0 Å². The lowest BCUT2D eigenvalue weighted by molar-refractivity contribution is -0.126. The molecule has 3 rings (SSSR count). The summed E-state index contributed by atoms with van der Waals surface area (Å²) in [4.78, 5) is 2.63. The molecule has 3 saturated heterocycles. The summed E-state index contributed by atoms with van der Waals surface area (Å²) in [7, 11) is 0. The second-order valence-corrected chi connectivity index (χ2v) is 8.03. The third kappa shape index (κ3) is 2.97. The molecule has 3 fully saturated rings. The van der Waals surface area contributed by atoms with Crippen molar-refractivity contribution < 1.29 is 4.74 Å². The van der Waals surface area contributed by atoms with Gasteiger partial charge in [0.2, 0.25) is 0 Å². The Morgan fingerprint density at radius 2 is 2.05 bits per heavy atom. The minimum Gasteiger partial charge on any atom is -0.375 e. The van der Waals surface area contributed by atoms with Crippen LogP contribution < -0.4 is 5.73 Å². The van der Waals surface area contributed by atoms with Gasteiger partial charge in [0.15, 0.2) is 0 Å². The predicted octanol–water partition coefficient (Wildman–Crippen LogP) is 2.24. The van der Waals surface area contributed by atoms with E-state index >= 15 is 0 Å².